The molecule has 3 rings (SSSR count). The molecule has 0 saturated carbocycles. The van der Waals surface area contributed by atoms with Crippen molar-refractivity contribution in [2.24, 2.45) is 0 Å². The van der Waals surface area contributed by atoms with E-state index in [0.717, 1.165) is 23.3 Å². The first-order valence-corrected chi connectivity index (χ1v) is 10.4. The number of rotatable bonds is 1. The third kappa shape index (κ3) is 5.04. The largest absolute Gasteiger partial charge is 0.405 e. The average Bonchev–Trinajstić information content (AvgIpc) is 2.76. The van der Waals surface area contributed by atoms with E-state index in [1.807, 2.05) is 24.3 Å². The van der Waals surface area contributed by atoms with Crippen molar-refractivity contribution in [3.8, 4) is 11.1 Å². The van der Waals surface area contributed by atoms with Crippen LogP contribution in [0.4, 0.5) is 17.6 Å². The van der Waals surface area contributed by atoms with Crippen molar-refractivity contribution in [1.29, 1.82) is 0 Å². The van der Waals surface area contributed by atoms with Gasteiger partial charge in [-0.3, -0.25) is 4.55 Å². The molecule has 1 heterocycles. The van der Waals surface area contributed by atoms with E-state index < -0.39 is 22.0 Å². The molecule has 0 aromatic heterocycles. The highest BCUT2D eigenvalue weighted by molar-refractivity contribution is 7.85. The van der Waals surface area contributed by atoms with Crippen LogP contribution in [-0.2, 0) is 10.1 Å². The molecule has 3 nitrogen and oxygen atoms in total. The van der Waals surface area contributed by atoms with Crippen molar-refractivity contribution < 1.29 is 51.7 Å². The fourth-order valence-electron chi connectivity index (χ4n) is 1.94. The predicted molar refractivity (Wildman–Crippen MR) is 76.7 cm³/mol. The lowest BCUT2D eigenvalue weighted by Crippen LogP contribution is -3.61. The molecule has 2 aromatic rings. The molecule has 0 saturated heterocycles. The minimum Gasteiger partial charge on any atom is -0.285 e. The first-order valence-electron chi connectivity index (χ1n) is 6.22. The van der Waals surface area contributed by atoms with Crippen LogP contribution in [0.3, 0.4) is 0 Å². The third-order valence-electron chi connectivity index (χ3n) is 2.73. The first-order chi connectivity index (χ1) is 11.0. The summed E-state index contributed by atoms with van der Waals surface area (Å²) in [5.41, 5.74) is 1.76. The molecule has 0 amide bonds. The van der Waals surface area contributed by atoms with E-state index in [1.165, 1.54) is 6.07 Å². The highest BCUT2D eigenvalue weighted by Crippen LogP contribution is 2.28. The maximum atomic E-state index is 13.7. The summed E-state index contributed by atoms with van der Waals surface area (Å²) in [6.45, 7) is 0. The molecule has 130 valence electrons. The highest BCUT2D eigenvalue weighted by Gasteiger charge is 2.37. The number of alkyl halides is 3. The Balaban J connectivity index is 0.000000202. The first kappa shape index (κ1) is 19.4. The summed E-state index contributed by atoms with van der Waals surface area (Å²) in [7, 11) is -4.91. The highest BCUT2D eigenvalue weighted by atomic mass is 127. The van der Waals surface area contributed by atoms with Gasteiger partial charge in [-0.1, -0.05) is 23.7 Å². The topological polar surface area (TPSA) is 54.4 Å². The van der Waals surface area contributed by atoms with Gasteiger partial charge in [0.15, 0.2) is 5.75 Å². The summed E-state index contributed by atoms with van der Waals surface area (Å²) >= 11 is 5.81. The molecule has 0 unspecified atom stereocenters. The van der Waals surface area contributed by atoms with E-state index in [2.05, 4.69) is 0 Å². The van der Waals surface area contributed by atoms with Crippen molar-refractivity contribution in [2.75, 3.05) is 5.75 Å². The Morgan fingerprint density at radius 3 is 2.29 bits per heavy atom. The molecule has 0 atom stereocenters. The van der Waals surface area contributed by atoms with Gasteiger partial charge in [0, 0.05) is 5.56 Å². The molecule has 24 heavy (non-hydrogen) atoms. The van der Waals surface area contributed by atoms with Gasteiger partial charge in [0.25, 0.3) is 10.1 Å². The summed E-state index contributed by atoms with van der Waals surface area (Å²) in [6.07, 6.45) is -4.85. The molecule has 0 radical (unpaired) electrons. The number of hydrogen-bond acceptors (Lipinski definition) is 2. The van der Waals surface area contributed by atoms with Gasteiger partial charge in [0.05, 0.1) is 10.6 Å². The van der Waals surface area contributed by atoms with Crippen LogP contribution in [0.15, 0.2) is 36.4 Å². The Kier molecular flexibility index (Phi) is 5.78. The van der Waals surface area contributed by atoms with Gasteiger partial charge in [-0.25, -0.2) is 4.39 Å². The minimum absolute atomic E-state index is 0.131. The van der Waals surface area contributed by atoms with Gasteiger partial charge in [0.1, 0.15) is 5.82 Å². The van der Waals surface area contributed by atoms with Gasteiger partial charge in [0.2, 0.25) is 7.14 Å². The lowest BCUT2D eigenvalue weighted by Gasteiger charge is -2.00. The van der Waals surface area contributed by atoms with Crippen LogP contribution < -0.4 is 21.2 Å². The van der Waals surface area contributed by atoms with Crippen LogP contribution in [0, 0.1) is 13.0 Å². The minimum atomic E-state index is -4.91. The van der Waals surface area contributed by atoms with Crippen LogP contribution >= 0.6 is 11.6 Å². The molecule has 2 aromatic carbocycles. The molecule has 0 spiro atoms. The SMILES string of the molecule is Fc1cccc2c1-c1cccc(Cl)c1[I+]2.O=S(=O)(O)CC(F)(F)F. The number of hydrogen-bond donors (Lipinski definition) is 1. The zero-order valence-electron chi connectivity index (χ0n) is 11.6. The molecular formula is C14H9ClF4IO3S+. The number of benzene rings is 2. The molecule has 0 bridgehead atoms. The van der Waals surface area contributed by atoms with Crippen molar-refractivity contribution in [3.63, 3.8) is 0 Å². The molecule has 10 heteroatoms. The van der Waals surface area contributed by atoms with Crippen LogP contribution in [0.25, 0.3) is 11.1 Å². The Hall–Kier alpha value is -0.910. The van der Waals surface area contributed by atoms with E-state index >= 15 is 0 Å². The van der Waals surface area contributed by atoms with Gasteiger partial charge >= 0.3 is 27.4 Å². The average molecular weight is 496 g/mol. The van der Waals surface area contributed by atoms with Crippen LogP contribution in [-0.4, -0.2) is 24.9 Å². The molecule has 1 aliphatic heterocycles. The quantitative estimate of drug-likeness (QED) is 0.312. The Labute approximate surface area is 150 Å². The maximum Gasteiger partial charge on any atom is 0.405 e. The third-order valence-corrected chi connectivity index (χ3v) is 7.23. The Bertz CT molecular complexity index is 869. The number of halogens is 6. The van der Waals surface area contributed by atoms with Crippen molar-refractivity contribution in [3.05, 3.63) is 54.4 Å². The summed E-state index contributed by atoms with van der Waals surface area (Å²) in [5.74, 6) is -2.31. The van der Waals surface area contributed by atoms with Gasteiger partial charge in [-0.2, -0.15) is 21.6 Å². The monoisotopic (exact) mass is 495 g/mol. The second-order valence-corrected chi connectivity index (χ2v) is 9.27. The lowest BCUT2D eigenvalue weighted by molar-refractivity contribution is -0.589. The van der Waals surface area contributed by atoms with E-state index in [0.29, 0.717) is 0 Å². The van der Waals surface area contributed by atoms with Crippen LogP contribution in [0.2, 0.25) is 5.02 Å². The van der Waals surface area contributed by atoms with E-state index in [1.54, 1.807) is 6.07 Å². The second kappa shape index (κ2) is 7.14. The smallest absolute Gasteiger partial charge is 0.285 e. The Morgan fingerprint density at radius 2 is 1.75 bits per heavy atom. The molecule has 0 aliphatic carbocycles. The molecular weight excluding hydrogens is 487 g/mol. The molecule has 1 aliphatic rings. The number of fused-ring (bicyclic) bond motifs is 3. The van der Waals surface area contributed by atoms with Crippen LogP contribution in [0.1, 0.15) is 0 Å². The normalized spacial score (nSPS) is 12.9. The van der Waals surface area contributed by atoms with Gasteiger partial charge in [-0.15, -0.1) is 0 Å². The van der Waals surface area contributed by atoms with E-state index in [-0.39, 0.29) is 27.0 Å². The van der Waals surface area contributed by atoms with Crippen molar-refractivity contribution in [1.82, 2.24) is 0 Å². The fourth-order valence-corrected chi connectivity index (χ4v) is 5.73. The summed E-state index contributed by atoms with van der Waals surface area (Å²) < 4.78 is 75.6. The summed E-state index contributed by atoms with van der Waals surface area (Å²) in [4.78, 5) is 0. The van der Waals surface area contributed by atoms with Gasteiger partial charge < -0.3 is 0 Å². The second-order valence-electron chi connectivity index (χ2n) is 4.63. The lowest BCUT2D eigenvalue weighted by atomic mass is 10.1. The van der Waals surface area contributed by atoms with Crippen LogP contribution in [0.5, 0.6) is 0 Å². The molecule has 0 fully saturated rings. The zero-order valence-corrected chi connectivity index (χ0v) is 15.3. The maximum absolute atomic E-state index is 13.7. The summed E-state index contributed by atoms with van der Waals surface area (Å²) in [6, 6.07) is 11.0. The molecule has 1 N–H and O–H groups in total. The van der Waals surface area contributed by atoms with Gasteiger partial charge in [-0.05, 0) is 24.3 Å². The predicted octanol–water partition coefficient (Wildman–Crippen LogP) is 1.02. The fraction of sp³-hybridized carbons (Fsp3) is 0.143. The van der Waals surface area contributed by atoms with E-state index in [9.17, 15) is 26.0 Å². The zero-order chi connectivity index (χ0) is 18.1. The summed E-state index contributed by atoms with van der Waals surface area (Å²) in [5, 5.41) is 0.774. The standard InChI is InChI=1S/C12H6ClFI.C2H3F3O3S/c13-8-4-1-3-7-11-9(14)5-2-6-10(11)15-12(7)8;3-2(4,5)1-9(6,7)8/h1-6H;1H2,(H,6,7,8)/q+1;. The Morgan fingerprint density at radius 1 is 1.12 bits per heavy atom. The van der Waals surface area contributed by atoms with Crippen molar-refractivity contribution >= 4 is 21.7 Å². The van der Waals surface area contributed by atoms with E-state index in [4.69, 9.17) is 16.2 Å². The van der Waals surface area contributed by atoms with Crippen molar-refractivity contribution in [2.45, 2.75) is 6.18 Å².